The van der Waals surface area contributed by atoms with E-state index in [4.69, 9.17) is 23.2 Å². The zero-order valence-electron chi connectivity index (χ0n) is 17.8. The summed E-state index contributed by atoms with van der Waals surface area (Å²) < 4.78 is 14.7. The molecule has 1 aliphatic carbocycles. The Morgan fingerprint density at radius 2 is 1.94 bits per heavy atom. The minimum Gasteiger partial charge on any atom is -0.359 e. The van der Waals surface area contributed by atoms with Crippen LogP contribution in [0.2, 0.25) is 5.02 Å². The summed E-state index contributed by atoms with van der Waals surface area (Å²) in [6.07, 6.45) is 2.83. The first-order valence-corrected chi connectivity index (χ1v) is 10.8. The number of piperazine rings is 1. The maximum Gasteiger partial charge on any atom is 0.253 e. The van der Waals surface area contributed by atoms with Gasteiger partial charge in [0.15, 0.2) is 0 Å². The average molecular weight is 480 g/mol. The number of carbonyl (C=O) groups is 3. The van der Waals surface area contributed by atoms with E-state index >= 15 is 0 Å². The zero-order chi connectivity index (χ0) is 23.6. The Kier molecular flexibility index (Phi) is 7.10. The summed E-state index contributed by atoms with van der Waals surface area (Å²) in [7, 11) is 1.52. The molecule has 170 valence electrons. The van der Waals surface area contributed by atoms with E-state index in [2.05, 4.69) is 11.9 Å². The third-order valence-corrected chi connectivity index (χ3v) is 6.51. The highest BCUT2D eigenvalue weighted by molar-refractivity contribution is 6.31. The van der Waals surface area contributed by atoms with Gasteiger partial charge in [0.2, 0.25) is 11.8 Å². The molecule has 1 aromatic rings. The summed E-state index contributed by atoms with van der Waals surface area (Å²) in [5, 5.41) is 3.27. The fourth-order valence-electron chi connectivity index (χ4n) is 4.08. The Hall–Kier alpha value is -2.64. The van der Waals surface area contributed by atoms with E-state index in [0.717, 1.165) is 16.5 Å². The lowest BCUT2D eigenvalue weighted by Gasteiger charge is -2.56. The summed E-state index contributed by atoms with van der Waals surface area (Å²) in [6, 6.07) is 6.95. The van der Waals surface area contributed by atoms with Crippen molar-refractivity contribution in [3.05, 3.63) is 70.1 Å². The van der Waals surface area contributed by atoms with Crippen LogP contribution in [0.15, 0.2) is 59.6 Å². The van der Waals surface area contributed by atoms with E-state index in [0.29, 0.717) is 5.02 Å². The van der Waals surface area contributed by atoms with Crippen molar-refractivity contribution in [1.29, 1.82) is 0 Å². The minimum atomic E-state index is -1.25. The van der Waals surface area contributed by atoms with Crippen molar-refractivity contribution in [3.8, 4) is 0 Å². The highest BCUT2D eigenvalue weighted by atomic mass is 35.5. The Bertz CT molecular complexity index is 1010. The Balaban J connectivity index is 1.93. The van der Waals surface area contributed by atoms with Crippen LogP contribution in [0.4, 0.5) is 4.39 Å². The molecule has 3 amide bonds. The summed E-state index contributed by atoms with van der Waals surface area (Å²) in [6.45, 7) is 5.13. The number of allylic oxidation sites excluding steroid dienone is 4. The van der Waals surface area contributed by atoms with Crippen molar-refractivity contribution in [1.82, 2.24) is 15.1 Å². The Morgan fingerprint density at radius 1 is 1.31 bits per heavy atom. The lowest BCUT2D eigenvalue weighted by molar-refractivity contribution is -0.176. The van der Waals surface area contributed by atoms with Crippen LogP contribution < -0.4 is 5.32 Å². The van der Waals surface area contributed by atoms with Gasteiger partial charge in [-0.05, 0) is 43.5 Å². The molecule has 9 heteroatoms. The van der Waals surface area contributed by atoms with Crippen molar-refractivity contribution in [2.24, 2.45) is 5.92 Å². The quantitative estimate of drug-likeness (QED) is 0.628. The lowest BCUT2D eigenvalue weighted by atomic mass is 9.64. The lowest BCUT2D eigenvalue weighted by Crippen LogP contribution is -2.73. The highest BCUT2D eigenvalue weighted by Crippen LogP contribution is 2.47. The molecule has 0 unspecified atom stereocenters. The summed E-state index contributed by atoms with van der Waals surface area (Å²) >= 11 is 11.8. The van der Waals surface area contributed by atoms with Gasteiger partial charge in [-0.15, -0.1) is 0 Å². The van der Waals surface area contributed by atoms with Crippen LogP contribution in [-0.2, 0) is 20.9 Å². The van der Waals surface area contributed by atoms with Crippen LogP contribution in [0.3, 0.4) is 0 Å². The summed E-state index contributed by atoms with van der Waals surface area (Å²) in [5.74, 6) is -2.25. The van der Waals surface area contributed by atoms with Crippen molar-refractivity contribution in [2.75, 3.05) is 13.6 Å². The zero-order valence-corrected chi connectivity index (χ0v) is 19.3. The van der Waals surface area contributed by atoms with E-state index < -0.39 is 23.2 Å². The van der Waals surface area contributed by atoms with Crippen molar-refractivity contribution < 1.29 is 18.8 Å². The first-order chi connectivity index (χ1) is 15.1. The standard InChI is InChI=1S/C23H24Cl2FN3O3/c1-4-17(24)9-19(26)14(2)28-13-20(30)29(12-15-5-7-18(25)8-6-15)23(22(28)32)10-16(11-23)21(31)27-3/h4-9,16H,2,10-13H2,1,3H3,(H,27,31)/b17-4+,19-9+. The molecule has 2 fully saturated rings. The molecule has 1 spiro atoms. The third-order valence-electron chi connectivity index (χ3n) is 5.94. The fourth-order valence-corrected chi connectivity index (χ4v) is 4.31. The molecule has 6 nitrogen and oxygen atoms in total. The van der Waals surface area contributed by atoms with E-state index in [1.807, 2.05) is 0 Å². The van der Waals surface area contributed by atoms with Gasteiger partial charge >= 0.3 is 0 Å². The normalized spacial score (nSPS) is 24.0. The van der Waals surface area contributed by atoms with Gasteiger partial charge in [-0.3, -0.25) is 19.3 Å². The van der Waals surface area contributed by atoms with Gasteiger partial charge in [0, 0.05) is 29.6 Å². The predicted octanol–water partition coefficient (Wildman–Crippen LogP) is 3.92. The molecular formula is C23H24Cl2FN3O3. The van der Waals surface area contributed by atoms with Crippen LogP contribution in [0.5, 0.6) is 0 Å². The SMILES string of the molecule is C=C(/C(F)=C\C(Cl)=C/C)N1CC(=O)N(Cc2ccc(Cl)cc2)C2(CC(C(=O)NC)C2)C1=O. The van der Waals surface area contributed by atoms with E-state index in [1.165, 1.54) is 18.0 Å². The van der Waals surface area contributed by atoms with Gasteiger partial charge in [-0.25, -0.2) is 4.39 Å². The van der Waals surface area contributed by atoms with Crippen LogP contribution >= 0.6 is 23.2 Å². The molecule has 0 atom stereocenters. The molecule has 32 heavy (non-hydrogen) atoms. The topological polar surface area (TPSA) is 69.7 Å². The maximum atomic E-state index is 14.7. The van der Waals surface area contributed by atoms with Crippen LogP contribution in [0.25, 0.3) is 0 Å². The van der Waals surface area contributed by atoms with Crippen molar-refractivity contribution in [3.63, 3.8) is 0 Å². The predicted molar refractivity (Wildman–Crippen MR) is 121 cm³/mol. The van der Waals surface area contributed by atoms with Crippen molar-refractivity contribution in [2.45, 2.75) is 31.8 Å². The molecular weight excluding hydrogens is 456 g/mol. The van der Waals surface area contributed by atoms with E-state index in [-0.39, 0.29) is 48.5 Å². The number of rotatable bonds is 6. The molecule has 1 heterocycles. The number of hydrogen-bond donors (Lipinski definition) is 1. The largest absolute Gasteiger partial charge is 0.359 e. The molecule has 1 saturated carbocycles. The van der Waals surface area contributed by atoms with Gasteiger partial charge in [-0.1, -0.05) is 48.0 Å². The number of benzene rings is 1. The van der Waals surface area contributed by atoms with Gasteiger partial charge < -0.3 is 10.2 Å². The molecule has 0 aromatic heterocycles. The Labute approximate surface area is 196 Å². The van der Waals surface area contributed by atoms with Gasteiger partial charge in [0.1, 0.15) is 17.9 Å². The molecule has 3 rings (SSSR count). The summed E-state index contributed by atoms with van der Waals surface area (Å²) in [5.41, 5.74) is -0.700. The van der Waals surface area contributed by atoms with Gasteiger partial charge in [-0.2, -0.15) is 0 Å². The molecule has 1 aromatic carbocycles. The number of carbonyl (C=O) groups excluding carboxylic acids is 3. The monoisotopic (exact) mass is 479 g/mol. The Morgan fingerprint density at radius 3 is 2.50 bits per heavy atom. The van der Waals surface area contributed by atoms with Gasteiger partial charge in [0.05, 0.1) is 5.70 Å². The third kappa shape index (κ3) is 4.45. The van der Waals surface area contributed by atoms with Crippen LogP contribution in [0.1, 0.15) is 25.3 Å². The number of halogens is 3. The molecule has 0 radical (unpaired) electrons. The van der Waals surface area contributed by atoms with Crippen LogP contribution in [-0.4, -0.2) is 46.7 Å². The average Bonchev–Trinajstić information content (AvgIpc) is 2.75. The van der Waals surface area contributed by atoms with Gasteiger partial charge in [0.25, 0.3) is 5.91 Å². The number of amides is 3. The summed E-state index contributed by atoms with van der Waals surface area (Å²) in [4.78, 5) is 41.4. The molecule has 1 saturated heterocycles. The number of nitrogens with zero attached hydrogens (tertiary/aromatic N) is 2. The van der Waals surface area contributed by atoms with E-state index in [1.54, 1.807) is 31.2 Å². The second kappa shape index (κ2) is 9.46. The number of hydrogen-bond acceptors (Lipinski definition) is 3. The smallest absolute Gasteiger partial charge is 0.253 e. The van der Waals surface area contributed by atoms with Crippen molar-refractivity contribution >= 4 is 40.9 Å². The molecule has 0 bridgehead atoms. The second-order valence-corrected chi connectivity index (χ2v) is 8.73. The minimum absolute atomic E-state index is 0.141. The second-order valence-electron chi connectivity index (χ2n) is 7.86. The van der Waals surface area contributed by atoms with E-state index in [9.17, 15) is 18.8 Å². The first-order valence-electron chi connectivity index (χ1n) is 10.1. The maximum absolute atomic E-state index is 14.7. The molecule has 1 N–H and O–H groups in total. The number of nitrogens with one attached hydrogen (secondary N) is 1. The molecule has 1 aliphatic heterocycles. The van der Waals surface area contributed by atoms with Crippen LogP contribution in [0, 0.1) is 5.92 Å². The molecule has 2 aliphatic rings. The highest BCUT2D eigenvalue weighted by Gasteiger charge is 2.61. The first kappa shape index (κ1) is 24.0. The fraction of sp³-hybridized carbons (Fsp3) is 0.348.